The normalized spacial score (nSPS) is 10.7. The maximum absolute atomic E-state index is 12.6. The van der Waals surface area contributed by atoms with Crippen LogP contribution < -0.4 is 19.5 Å². The molecule has 4 rings (SSSR count). The number of hydrogen-bond donors (Lipinski definition) is 1. The first kappa shape index (κ1) is 21.1. The van der Waals surface area contributed by atoms with E-state index in [-0.39, 0.29) is 5.91 Å². The molecule has 0 saturated heterocycles. The van der Waals surface area contributed by atoms with Crippen molar-refractivity contribution in [1.82, 2.24) is 24.9 Å². The average Bonchev–Trinajstić information content (AvgIpc) is 3.25. The molecule has 9 heteroatoms. The highest BCUT2D eigenvalue weighted by Crippen LogP contribution is 2.38. The SMILES string of the molecule is COc1cc(C(=O)NCCc2cc3nc(-c4ccncc4)ccn3n2)cc(OC)c1OC. The molecule has 0 spiro atoms. The van der Waals surface area contributed by atoms with Gasteiger partial charge >= 0.3 is 0 Å². The Morgan fingerprint density at radius 1 is 1.00 bits per heavy atom. The zero-order valence-electron chi connectivity index (χ0n) is 18.0. The summed E-state index contributed by atoms with van der Waals surface area (Å²) in [6, 6.07) is 10.9. The summed E-state index contributed by atoms with van der Waals surface area (Å²) in [6.07, 6.45) is 5.90. The van der Waals surface area contributed by atoms with Gasteiger partial charge in [0.2, 0.25) is 5.75 Å². The molecule has 3 aromatic heterocycles. The molecule has 0 fully saturated rings. The van der Waals surface area contributed by atoms with Crippen LogP contribution >= 0.6 is 0 Å². The van der Waals surface area contributed by atoms with E-state index in [0.29, 0.717) is 35.8 Å². The Kier molecular flexibility index (Phi) is 6.16. The van der Waals surface area contributed by atoms with Gasteiger partial charge < -0.3 is 19.5 Å². The van der Waals surface area contributed by atoms with Crippen molar-refractivity contribution in [3.05, 3.63) is 66.2 Å². The highest BCUT2D eigenvalue weighted by molar-refractivity contribution is 5.95. The van der Waals surface area contributed by atoms with E-state index >= 15 is 0 Å². The highest BCUT2D eigenvalue weighted by atomic mass is 16.5. The lowest BCUT2D eigenvalue weighted by Crippen LogP contribution is -2.25. The predicted molar refractivity (Wildman–Crippen MR) is 118 cm³/mol. The first-order chi connectivity index (χ1) is 15.6. The molecule has 9 nitrogen and oxygen atoms in total. The van der Waals surface area contributed by atoms with Gasteiger partial charge in [-0.2, -0.15) is 5.10 Å². The molecule has 1 N–H and O–H groups in total. The van der Waals surface area contributed by atoms with E-state index in [2.05, 4.69) is 20.4 Å². The topological polar surface area (TPSA) is 99.9 Å². The smallest absolute Gasteiger partial charge is 0.251 e. The van der Waals surface area contributed by atoms with Gasteiger partial charge in [0.1, 0.15) is 0 Å². The minimum Gasteiger partial charge on any atom is -0.493 e. The molecule has 0 atom stereocenters. The molecule has 0 saturated carbocycles. The summed E-state index contributed by atoms with van der Waals surface area (Å²) in [5.41, 5.74) is 3.82. The number of rotatable bonds is 8. The summed E-state index contributed by atoms with van der Waals surface area (Å²) >= 11 is 0. The summed E-state index contributed by atoms with van der Waals surface area (Å²) in [5, 5.41) is 7.43. The first-order valence-electron chi connectivity index (χ1n) is 9.97. The van der Waals surface area contributed by atoms with Gasteiger partial charge in [-0.3, -0.25) is 9.78 Å². The lowest BCUT2D eigenvalue weighted by Gasteiger charge is -2.14. The minimum atomic E-state index is -0.244. The van der Waals surface area contributed by atoms with Crippen LogP contribution in [0.5, 0.6) is 17.2 Å². The fraction of sp³-hybridized carbons (Fsp3) is 0.217. The fourth-order valence-corrected chi connectivity index (χ4v) is 3.35. The molecule has 0 aliphatic rings. The van der Waals surface area contributed by atoms with Crippen LogP contribution in [0.3, 0.4) is 0 Å². The fourth-order valence-electron chi connectivity index (χ4n) is 3.35. The third-order valence-corrected chi connectivity index (χ3v) is 4.94. The monoisotopic (exact) mass is 433 g/mol. The number of nitrogens with one attached hydrogen (secondary N) is 1. The van der Waals surface area contributed by atoms with Gasteiger partial charge in [0, 0.05) is 48.7 Å². The number of ether oxygens (including phenoxy) is 3. The quantitative estimate of drug-likeness (QED) is 0.456. The molecule has 0 unspecified atom stereocenters. The number of benzene rings is 1. The van der Waals surface area contributed by atoms with Crippen LogP contribution in [0.1, 0.15) is 16.1 Å². The van der Waals surface area contributed by atoms with Crippen LogP contribution in [0.25, 0.3) is 16.9 Å². The van der Waals surface area contributed by atoms with Gasteiger partial charge in [0.05, 0.1) is 32.7 Å². The maximum Gasteiger partial charge on any atom is 0.251 e. The van der Waals surface area contributed by atoms with Crippen molar-refractivity contribution in [2.75, 3.05) is 27.9 Å². The largest absolute Gasteiger partial charge is 0.493 e. The molecule has 32 heavy (non-hydrogen) atoms. The number of carbonyl (C=O) groups is 1. The molecule has 0 aliphatic heterocycles. The summed E-state index contributed by atoms with van der Waals surface area (Å²) in [5.74, 6) is 1.04. The molecule has 0 aliphatic carbocycles. The molecule has 0 bridgehead atoms. The Morgan fingerprint density at radius 2 is 1.72 bits per heavy atom. The third-order valence-electron chi connectivity index (χ3n) is 4.94. The molecule has 1 amide bonds. The van der Waals surface area contributed by atoms with Crippen molar-refractivity contribution in [3.63, 3.8) is 0 Å². The van der Waals surface area contributed by atoms with Crippen LogP contribution in [0.4, 0.5) is 0 Å². The summed E-state index contributed by atoms with van der Waals surface area (Å²) in [4.78, 5) is 21.3. The van der Waals surface area contributed by atoms with E-state index in [4.69, 9.17) is 14.2 Å². The standard InChI is InChI=1S/C23H23N5O4/c1-30-19-12-16(13-20(31-2)22(19)32-3)23(29)25-10-6-17-14-21-26-18(7-11-28(21)27-17)15-4-8-24-9-5-15/h4-5,7-9,11-14H,6,10H2,1-3H3,(H,25,29). The summed E-state index contributed by atoms with van der Waals surface area (Å²) in [7, 11) is 4.54. The zero-order chi connectivity index (χ0) is 22.5. The van der Waals surface area contributed by atoms with E-state index < -0.39 is 0 Å². The molecule has 0 radical (unpaired) electrons. The molecule has 3 heterocycles. The number of nitrogens with zero attached hydrogens (tertiary/aromatic N) is 4. The second-order valence-corrected chi connectivity index (χ2v) is 6.91. The number of amides is 1. The molecule has 1 aromatic carbocycles. The summed E-state index contributed by atoms with van der Waals surface area (Å²) < 4.78 is 17.6. The van der Waals surface area contributed by atoms with E-state index in [0.717, 1.165) is 22.6 Å². The second kappa shape index (κ2) is 9.34. The lowest BCUT2D eigenvalue weighted by molar-refractivity contribution is 0.0953. The predicted octanol–water partition coefficient (Wildman–Crippen LogP) is 2.79. The first-order valence-corrected chi connectivity index (χ1v) is 9.97. The van der Waals surface area contributed by atoms with Crippen LogP contribution in [0, 0.1) is 0 Å². The maximum atomic E-state index is 12.6. The lowest BCUT2D eigenvalue weighted by atomic mass is 10.1. The Hall–Kier alpha value is -4.14. The van der Waals surface area contributed by atoms with Crippen molar-refractivity contribution < 1.29 is 19.0 Å². The van der Waals surface area contributed by atoms with Crippen molar-refractivity contribution >= 4 is 11.6 Å². The van der Waals surface area contributed by atoms with Crippen LogP contribution in [0.15, 0.2) is 55.0 Å². The van der Waals surface area contributed by atoms with E-state index in [1.54, 1.807) is 29.0 Å². The zero-order valence-corrected chi connectivity index (χ0v) is 18.0. The van der Waals surface area contributed by atoms with Gasteiger partial charge in [-0.1, -0.05) is 0 Å². The molecular weight excluding hydrogens is 410 g/mol. The van der Waals surface area contributed by atoms with Gasteiger partial charge in [-0.25, -0.2) is 9.50 Å². The second-order valence-electron chi connectivity index (χ2n) is 6.91. The number of fused-ring (bicyclic) bond motifs is 1. The van der Waals surface area contributed by atoms with Crippen LogP contribution in [0.2, 0.25) is 0 Å². The minimum absolute atomic E-state index is 0.244. The van der Waals surface area contributed by atoms with Gasteiger partial charge in [-0.05, 0) is 30.3 Å². The Morgan fingerprint density at radius 3 is 2.38 bits per heavy atom. The molecule has 4 aromatic rings. The summed E-state index contributed by atoms with van der Waals surface area (Å²) in [6.45, 7) is 0.413. The van der Waals surface area contributed by atoms with Crippen molar-refractivity contribution in [2.45, 2.75) is 6.42 Å². The highest BCUT2D eigenvalue weighted by Gasteiger charge is 2.17. The Bertz CT molecular complexity index is 1210. The number of carbonyl (C=O) groups excluding carboxylic acids is 1. The van der Waals surface area contributed by atoms with E-state index in [1.165, 1.54) is 21.3 Å². The van der Waals surface area contributed by atoms with E-state index in [1.807, 2.05) is 30.5 Å². The van der Waals surface area contributed by atoms with Gasteiger partial charge in [0.25, 0.3) is 5.91 Å². The number of pyridine rings is 1. The number of aromatic nitrogens is 4. The van der Waals surface area contributed by atoms with Crippen molar-refractivity contribution in [3.8, 4) is 28.5 Å². The Labute approximate surface area is 185 Å². The molecular formula is C23H23N5O4. The van der Waals surface area contributed by atoms with Crippen molar-refractivity contribution in [2.24, 2.45) is 0 Å². The van der Waals surface area contributed by atoms with Gasteiger partial charge in [-0.15, -0.1) is 0 Å². The van der Waals surface area contributed by atoms with Crippen LogP contribution in [-0.2, 0) is 6.42 Å². The van der Waals surface area contributed by atoms with Crippen LogP contribution in [-0.4, -0.2) is 53.4 Å². The van der Waals surface area contributed by atoms with E-state index in [9.17, 15) is 4.79 Å². The number of methoxy groups -OCH3 is 3. The van der Waals surface area contributed by atoms with Gasteiger partial charge in [0.15, 0.2) is 17.1 Å². The van der Waals surface area contributed by atoms with Crippen molar-refractivity contribution in [1.29, 1.82) is 0 Å². The average molecular weight is 433 g/mol. The third kappa shape index (κ3) is 4.31. The molecule has 164 valence electrons. The Balaban J connectivity index is 1.43. The number of hydrogen-bond acceptors (Lipinski definition) is 7.